The van der Waals surface area contributed by atoms with Crippen molar-refractivity contribution in [3.8, 4) is 0 Å². The van der Waals surface area contributed by atoms with Crippen LogP contribution in [0.15, 0.2) is 30.5 Å². The maximum absolute atomic E-state index is 12.2. The number of amides is 1. The maximum atomic E-state index is 12.2. The number of carboxylic acids is 1. The van der Waals surface area contributed by atoms with Crippen LogP contribution in [-0.2, 0) is 16.1 Å². The van der Waals surface area contributed by atoms with Crippen molar-refractivity contribution in [2.45, 2.75) is 13.0 Å². The van der Waals surface area contributed by atoms with Gasteiger partial charge in [0.05, 0.1) is 18.6 Å². The number of hydrogen-bond donors (Lipinski definition) is 2. The molecule has 6 heteroatoms. The van der Waals surface area contributed by atoms with Gasteiger partial charge in [0.25, 0.3) is 5.91 Å². The number of aliphatic carboxylic acids is 1. The summed E-state index contributed by atoms with van der Waals surface area (Å²) in [6.45, 7) is 1.32. The minimum Gasteiger partial charge on any atom is -0.481 e. The summed E-state index contributed by atoms with van der Waals surface area (Å²) in [5.41, 5.74) is 1.50. The number of methoxy groups -OCH3 is 1. The Morgan fingerprint density at radius 1 is 1.33 bits per heavy atom. The Morgan fingerprint density at radius 2 is 2.10 bits per heavy atom. The molecular formula is C15H18N2O4. The molecule has 0 unspecified atom stereocenters. The van der Waals surface area contributed by atoms with E-state index in [1.54, 1.807) is 13.3 Å². The number of fused-ring (bicyclic) bond motifs is 1. The molecule has 0 saturated heterocycles. The molecule has 1 aromatic heterocycles. The third-order valence-corrected chi connectivity index (χ3v) is 3.19. The van der Waals surface area contributed by atoms with Crippen molar-refractivity contribution < 1.29 is 19.4 Å². The minimum absolute atomic E-state index is 0.0892. The number of aromatic nitrogens is 1. The number of nitrogens with zero attached hydrogens (tertiary/aromatic N) is 1. The predicted octanol–water partition coefficient (Wildman–Crippen LogP) is 1.49. The molecule has 112 valence electrons. The number of benzene rings is 1. The first kappa shape index (κ1) is 15.1. The monoisotopic (exact) mass is 290 g/mol. The van der Waals surface area contributed by atoms with Crippen LogP contribution in [0, 0.1) is 0 Å². The van der Waals surface area contributed by atoms with E-state index in [2.05, 4.69) is 5.32 Å². The van der Waals surface area contributed by atoms with Crippen LogP contribution >= 0.6 is 0 Å². The van der Waals surface area contributed by atoms with Crippen LogP contribution in [0.5, 0.6) is 0 Å². The number of rotatable bonds is 7. The van der Waals surface area contributed by atoms with Gasteiger partial charge in [0, 0.05) is 37.3 Å². The Morgan fingerprint density at radius 3 is 2.81 bits per heavy atom. The molecule has 0 atom stereocenters. The highest BCUT2D eigenvalue weighted by Crippen LogP contribution is 2.21. The second kappa shape index (κ2) is 6.90. The third-order valence-electron chi connectivity index (χ3n) is 3.19. The van der Waals surface area contributed by atoms with Gasteiger partial charge in [0.15, 0.2) is 0 Å². The van der Waals surface area contributed by atoms with Crippen molar-refractivity contribution in [1.29, 1.82) is 0 Å². The van der Waals surface area contributed by atoms with Crippen LogP contribution in [-0.4, -0.2) is 41.8 Å². The van der Waals surface area contributed by atoms with Crippen molar-refractivity contribution in [3.63, 3.8) is 0 Å². The van der Waals surface area contributed by atoms with Crippen molar-refractivity contribution in [2.24, 2.45) is 0 Å². The van der Waals surface area contributed by atoms with Gasteiger partial charge in [-0.15, -0.1) is 0 Å². The smallest absolute Gasteiger partial charge is 0.305 e. The van der Waals surface area contributed by atoms with Crippen LogP contribution in [0.4, 0.5) is 0 Å². The zero-order valence-electron chi connectivity index (χ0n) is 11.8. The molecule has 2 N–H and O–H groups in total. The molecular weight excluding hydrogens is 272 g/mol. The second-order valence-corrected chi connectivity index (χ2v) is 4.65. The number of ether oxygens (including phenoxy) is 1. The molecule has 1 aromatic carbocycles. The summed E-state index contributed by atoms with van der Waals surface area (Å²) < 4.78 is 7.03. The number of nitrogens with one attached hydrogen (secondary N) is 1. The van der Waals surface area contributed by atoms with Gasteiger partial charge in [0.1, 0.15) is 0 Å². The highest BCUT2D eigenvalue weighted by atomic mass is 16.5. The number of carbonyl (C=O) groups excluding carboxylic acids is 1. The van der Waals surface area contributed by atoms with Gasteiger partial charge in [-0.2, -0.15) is 0 Å². The molecule has 0 radical (unpaired) electrons. The molecule has 0 saturated carbocycles. The van der Waals surface area contributed by atoms with Crippen LogP contribution in [0.3, 0.4) is 0 Å². The lowest BCUT2D eigenvalue weighted by Gasteiger charge is -2.03. The summed E-state index contributed by atoms with van der Waals surface area (Å²) in [6.07, 6.45) is 1.69. The number of carboxylic acid groups (broad SMARTS) is 1. The lowest BCUT2D eigenvalue weighted by Crippen LogP contribution is -2.25. The fraction of sp³-hybridized carbons (Fsp3) is 0.333. The topological polar surface area (TPSA) is 80.6 Å². The van der Waals surface area contributed by atoms with Crippen LogP contribution < -0.4 is 5.32 Å². The Labute approximate surface area is 122 Å². The largest absolute Gasteiger partial charge is 0.481 e. The van der Waals surface area contributed by atoms with Crippen LogP contribution in [0.1, 0.15) is 16.8 Å². The van der Waals surface area contributed by atoms with Crippen molar-refractivity contribution in [1.82, 2.24) is 9.88 Å². The van der Waals surface area contributed by atoms with Gasteiger partial charge in [-0.25, -0.2) is 0 Å². The van der Waals surface area contributed by atoms with E-state index in [-0.39, 0.29) is 18.9 Å². The lowest BCUT2D eigenvalue weighted by molar-refractivity contribution is -0.136. The fourth-order valence-electron chi connectivity index (χ4n) is 2.18. The van der Waals surface area contributed by atoms with Gasteiger partial charge < -0.3 is 19.7 Å². The van der Waals surface area contributed by atoms with E-state index in [0.29, 0.717) is 18.7 Å². The summed E-state index contributed by atoms with van der Waals surface area (Å²) in [6, 6.07) is 7.61. The highest BCUT2D eigenvalue weighted by Gasteiger charge is 2.14. The Balaban J connectivity index is 2.22. The van der Waals surface area contributed by atoms with E-state index >= 15 is 0 Å². The van der Waals surface area contributed by atoms with Gasteiger partial charge >= 0.3 is 5.97 Å². The zero-order chi connectivity index (χ0) is 15.2. The first-order valence-corrected chi connectivity index (χ1v) is 6.70. The van der Waals surface area contributed by atoms with E-state index in [1.807, 2.05) is 28.8 Å². The Hall–Kier alpha value is -2.34. The van der Waals surface area contributed by atoms with Crippen molar-refractivity contribution >= 4 is 22.8 Å². The van der Waals surface area contributed by atoms with Gasteiger partial charge in [-0.05, 0) is 6.07 Å². The zero-order valence-corrected chi connectivity index (χ0v) is 11.8. The Bertz CT molecular complexity index is 648. The van der Waals surface area contributed by atoms with Crippen LogP contribution in [0.25, 0.3) is 10.9 Å². The molecule has 0 aliphatic heterocycles. The summed E-state index contributed by atoms with van der Waals surface area (Å²) in [7, 11) is 1.63. The van der Waals surface area contributed by atoms with Gasteiger partial charge in [-0.3, -0.25) is 9.59 Å². The number of hydrogen-bond acceptors (Lipinski definition) is 3. The Kier molecular flexibility index (Phi) is 4.94. The van der Waals surface area contributed by atoms with E-state index in [9.17, 15) is 9.59 Å². The minimum atomic E-state index is -0.933. The molecule has 2 rings (SSSR count). The van der Waals surface area contributed by atoms with Crippen LogP contribution in [0.2, 0.25) is 0 Å². The predicted molar refractivity (Wildman–Crippen MR) is 78.4 cm³/mol. The summed E-state index contributed by atoms with van der Waals surface area (Å²) in [5.74, 6) is -1.19. The molecule has 0 fully saturated rings. The molecule has 0 aliphatic rings. The molecule has 0 bridgehead atoms. The standard InChI is InChI=1S/C15H18N2O4/c1-21-9-8-17-10-12(11-4-2-3-5-13(11)17)15(20)16-7-6-14(18)19/h2-5,10H,6-9H2,1H3,(H,16,20)(H,18,19). The summed E-state index contributed by atoms with van der Waals surface area (Å²) in [4.78, 5) is 22.7. The van der Waals surface area contributed by atoms with E-state index < -0.39 is 5.97 Å². The van der Waals surface area contributed by atoms with E-state index in [1.165, 1.54) is 0 Å². The molecule has 1 heterocycles. The molecule has 2 aromatic rings. The average Bonchev–Trinajstić information content (AvgIpc) is 2.83. The molecule has 0 aliphatic carbocycles. The lowest BCUT2D eigenvalue weighted by atomic mass is 10.1. The van der Waals surface area contributed by atoms with Gasteiger partial charge in [0.2, 0.25) is 0 Å². The van der Waals surface area contributed by atoms with E-state index in [0.717, 1.165) is 10.9 Å². The molecule has 0 spiro atoms. The summed E-state index contributed by atoms with van der Waals surface area (Å²) >= 11 is 0. The van der Waals surface area contributed by atoms with Gasteiger partial charge in [-0.1, -0.05) is 18.2 Å². The molecule has 1 amide bonds. The second-order valence-electron chi connectivity index (χ2n) is 4.65. The third kappa shape index (κ3) is 3.61. The maximum Gasteiger partial charge on any atom is 0.305 e. The quantitative estimate of drug-likeness (QED) is 0.809. The normalized spacial score (nSPS) is 10.7. The van der Waals surface area contributed by atoms with E-state index in [4.69, 9.17) is 9.84 Å². The summed E-state index contributed by atoms with van der Waals surface area (Å²) in [5, 5.41) is 12.1. The highest BCUT2D eigenvalue weighted by molar-refractivity contribution is 6.07. The van der Waals surface area contributed by atoms with Crippen molar-refractivity contribution in [3.05, 3.63) is 36.0 Å². The molecule has 21 heavy (non-hydrogen) atoms. The SMILES string of the molecule is COCCn1cc(C(=O)NCCC(=O)O)c2ccccc21. The first-order chi connectivity index (χ1) is 10.1. The first-order valence-electron chi connectivity index (χ1n) is 6.70. The molecule has 6 nitrogen and oxygen atoms in total. The number of carbonyl (C=O) groups is 2. The average molecular weight is 290 g/mol. The number of para-hydroxylation sites is 1. The fourth-order valence-corrected chi connectivity index (χ4v) is 2.18. The van der Waals surface area contributed by atoms with Crippen molar-refractivity contribution in [2.75, 3.05) is 20.3 Å².